The molecule has 1 aliphatic heterocycles. The van der Waals surface area contributed by atoms with Crippen molar-refractivity contribution in [2.75, 3.05) is 53.0 Å². The predicted molar refractivity (Wildman–Crippen MR) is 88.8 cm³/mol. The Morgan fingerprint density at radius 3 is 2.29 bits per heavy atom. The van der Waals surface area contributed by atoms with Gasteiger partial charge in [-0.15, -0.1) is 0 Å². The number of hydrogen-bond acceptors (Lipinski definition) is 4. The average molecular weight is 297 g/mol. The van der Waals surface area contributed by atoms with Crippen LogP contribution < -0.4 is 5.32 Å². The van der Waals surface area contributed by atoms with Gasteiger partial charge in [0.2, 0.25) is 0 Å². The number of ether oxygens (including phenoxy) is 1. The zero-order valence-electron chi connectivity index (χ0n) is 14.3. The first-order chi connectivity index (χ1) is 10.2. The quantitative estimate of drug-likeness (QED) is 0.739. The Kier molecular flexibility index (Phi) is 7.44. The van der Waals surface area contributed by atoms with E-state index in [-0.39, 0.29) is 0 Å². The van der Waals surface area contributed by atoms with Crippen LogP contribution >= 0.6 is 0 Å². The number of rotatable bonds is 8. The molecule has 0 aromatic carbocycles. The first-order valence-electron chi connectivity index (χ1n) is 8.88. The molecule has 0 aromatic heterocycles. The number of nitrogens with one attached hydrogen (secondary N) is 1. The van der Waals surface area contributed by atoms with E-state index in [1.807, 2.05) is 7.11 Å². The normalized spacial score (nSPS) is 24.0. The summed E-state index contributed by atoms with van der Waals surface area (Å²) in [6, 6.07) is 1.41. The van der Waals surface area contributed by atoms with E-state index in [0.29, 0.717) is 12.0 Å². The average Bonchev–Trinajstić information content (AvgIpc) is 3.00. The van der Waals surface area contributed by atoms with E-state index in [1.54, 1.807) is 0 Å². The summed E-state index contributed by atoms with van der Waals surface area (Å²) in [5.74, 6) is 0.715. The van der Waals surface area contributed by atoms with Gasteiger partial charge in [-0.1, -0.05) is 26.7 Å². The SMILES string of the molecule is COCC(CNCC(C)C)N1CCN(C2CCCC2)CC1. The third kappa shape index (κ3) is 5.51. The summed E-state index contributed by atoms with van der Waals surface area (Å²) in [6.45, 7) is 12.4. The Hall–Kier alpha value is -0.160. The second kappa shape index (κ2) is 9.09. The van der Waals surface area contributed by atoms with Gasteiger partial charge in [-0.25, -0.2) is 0 Å². The molecule has 1 aliphatic carbocycles. The lowest BCUT2D eigenvalue weighted by Crippen LogP contribution is -2.56. The molecule has 1 saturated heterocycles. The van der Waals surface area contributed by atoms with E-state index in [0.717, 1.165) is 25.7 Å². The van der Waals surface area contributed by atoms with Gasteiger partial charge >= 0.3 is 0 Å². The van der Waals surface area contributed by atoms with Crippen LogP contribution in [0.4, 0.5) is 0 Å². The second-order valence-electron chi connectivity index (χ2n) is 7.17. The lowest BCUT2D eigenvalue weighted by atomic mass is 10.1. The van der Waals surface area contributed by atoms with E-state index in [2.05, 4.69) is 29.0 Å². The van der Waals surface area contributed by atoms with Crippen LogP contribution in [0.3, 0.4) is 0 Å². The van der Waals surface area contributed by atoms with E-state index >= 15 is 0 Å². The number of hydrogen-bond donors (Lipinski definition) is 1. The van der Waals surface area contributed by atoms with Crippen LogP contribution in [0.25, 0.3) is 0 Å². The second-order valence-corrected chi connectivity index (χ2v) is 7.17. The first kappa shape index (κ1) is 17.2. The molecular weight excluding hydrogens is 262 g/mol. The van der Waals surface area contributed by atoms with Crippen LogP contribution in [0.15, 0.2) is 0 Å². The van der Waals surface area contributed by atoms with Crippen molar-refractivity contribution in [1.29, 1.82) is 0 Å². The van der Waals surface area contributed by atoms with Crippen LogP contribution in [0.1, 0.15) is 39.5 Å². The van der Waals surface area contributed by atoms with Gasteiger partial charge in [-0.2, -0.15) is 0 Å². The predicted octanol–water partition coefficient (Wildman–Crippen LogP) is 1.81. The van der Waals surface area contributed by atoms with E-state index < -0.39 is 0 Å². The molecule has 124 valence electrons. The fourth-order valence-electron chi connectivity index (χ4n) is 3.76. The summed E-state index contributed by atoms with van der Waals surface area (Å²) >= 11 is 0. The smallest absolute Gasteiger partial charge is 0.0630 e. The fourth-order valence-corrected chi connectivity index (χ4v) is 3.76. The Labute approximate surface area is 131 Å². The lowest BCUT2D eigenvalue weighted by molar-refractivity contribution is 0.0362. The highest BCUT2D eigenvalue weighted by Gasteiger charge is 2.28. The summed E-state index contributed by atoms with van der Waals surface area (Å²) in [5, 5.41) is 3.60. The standard InChI is InChI=1S/C17H35N3O/c1-15(2)12-18-13-17(14-21-3)20-10-8-19(9-11-20)16-6-4-5-7-16/h15-18H,4-14H2,1-3H3. The van der Waals surface area contributed by atoms with Crippen LogP contribution in [0, 0.1) is 5.92 Å². The van der Waals surface area contributed by atoms with E-state index in [4.69, 9.17) is 4.74 Å². The maximum Gasteiger partial charge on any atom is 0.0630 e. The van der Waals surface area contributed by atoms with E-state index in [1.165, 1.54) is 51.9 Å². The van der Waals surface area contributed by atoms with Gasteiger partial charge in [0.05, 0.1) is 6.61 Å². The zero-order valence-corrected chi connectivity index (χ0v) is 14.3. The molecule has 2 rings (SSSR count). The Balaban J connectivity index is 1.73. The molecule has 4 heteroatoms. The molecule has 1 heterocycles. The molecule has 1 saturated carbocycles. The zero-order chi connectivity index (χ0) is 15.1. The molecule has 1 unspecified atom stereocenters. The number of nitrogens with zero attached hydrogens (tertiary/aromatic N) is 2. The molecular formula is C17H35N3O. The Morgan fingerprint density at radius 1 is 1.05 bits per heavy atom. The summed E-state index contributed by atoms with van der Waals surface area (Å²) in [4.78, 5) is 5.36. The van der Waals surface area contributed by atoms with Crippen LogP contribution in [0.2, 0.25) is 0 Å². The summed E-state index contributed by atoms with van der Waals surface area (Å²) in [5.41, 5.74) is 0. The molecule has 2 aliphatic rings. The highest BCUT2D eigenvalue weighted by Crippen LogP contribution is 2.24. The van der Waals surface area contributed by atoms with Gasteiger partial charge < -0.3 is 10.1 Å². The van der Waals surface area contributed by atoms with Gasteiger partial charge in [-0.05, 0) is 25.3 Å². The van der Waals surface area contributed by atoms with Crippen molar-refractivity contribution in [3.8, 4) is 0 Å². The third-order valence-corrected chi connectivity index (χ3v) is 5.00. The summed E-state index contributed by atoms with van der Waals surface area (Å²) in [6.07, 6.45) is 5.74. The van der Waals surface area contributed by atoms with Crippen molar-refractivity contribution in [3.63, 3.8) is 0 Å². The van der Waals surface area contributed by atoms with Crippen molar-refractivity contribution in [2.45, 2.75) is 51.6 Å². The molecule has 2 fully saturated rings. The van der Waals surface area contributed by atoms with Crippen molar-refractivity contribution in [1.82, 2.24) is 15.1 Å². The van der Waals surface area contributed by atoms with Gasteiger partial charge in [0.1, 0.15) is 0 Å². The summed E-state index contributed by atoms with van der Waals surface area (Å²) < 4.78 is 5.45. The largest absolute Gasteiger partial charge is 0.383 e. The van der Waals surface area contributed by atoms with Crippen LogP contribution in [-0.4, -0.2) is 74.9 Å². The maximum atomic E-state index is 5.45. The molecule has 1 N–H and O–H groups in total. The van der Waals surface area contributed by atoms with Crippen molar-refractivity contribution in [2.24, 2.45) is 5.92 Å². The maximum absolute atomic E-state index is 5.45. The van der Waals surface area contributed by atoms with Crippen LogP contribution in [0.5, 0.6) is 0 Å². The van der Waals surface area contributed by atoms with Crippen molar-refractivity contribution < 1.29 is 4.74 Å². The molecule has 0 bridgehead atoms. The minimum absolute atomic E-state index is 0.527. The minimum Gasteiger partial charge on any atom is -0.383 e. The molecule has 21 heavy (non-hydrogen) atoms. The number of methoxy groups -OCH3 is 1. The van der Waals surface area contributed by atoms with Crippen LogP contribution in [-0.2, 0) is 4.74 Å². The van der Waals surface area contributed by atoms with Gasteiger partial charge in [0.25, 0.3) is 0 Å². The van der Waals surface area contributed by atoms with Gasteiger partial charge in [-0.3, -0.25) is 9.80 Å². The monoisotopic (exact) mass is 297 g/mol. The van der Waals surface area contributed by atoms with Crippen molar-refractivity contribution in [3.05, 3.63) is 0 Å². The topological polar surface area (TPSA) is 27.7 Å². The fraction of sp³-hybridized carbons (Fsp3) is 1.00. The Bertz CT molecular complexity index is 271. The third-order valence-electron chi connectivity index (χ3n) is 5.00. The Morgan fingerprint density at radius 2 is 1.71 bits per heavy atom. The van der Waals surface area contributed by atoms with Gasteiger partial charge in [0.15, 0.2) is 0 Å². The molecule has 4 nitrogen and oxygen atoms in total. The molecule has 0 spiro atoms. The minimum atomic E-state index is 0.527. The molecule has 0 amide bonds. The highest BCUT2D eigenvalue weighted by molar-refractivity contribution is 4.85. The van der Waals surface area contributed by atoms with E-state index in [9.17, 15) is 0 Å². The summed E-state index contributed by atoms with van der Waals surface area (Å²) in [7, 11) is 1.82. The molecule has 0 radical (unpaired) electrons. The number of piperazine rings is 1. The van der Waals surface area contributed by atoms with Gasteiger partial charge in [0, 0.05) is 51.9 Å². The molecule has 1 atom stereocenters. The molecule has 0 aromatic rings. The first-order valence-corrected chi connectivity index (χ1v) is 8.88. The highest BCUT2D eigenvalue weighted by atomic mass is 16.5. The lowest BCUT2D eigenvalue weighted by Gasteiger charge is -2.41. The van der Waals surface area contributed by atoms with Crippen molar-refractivity contribution >= 4 is 0 Å².